The molecule has 0 atom stereocenters. The van der Waals surface area contributed by atoms with Crippen molar-refractivity contribution >= 4 is 87.1 Å². The molecule has 0 unspecified atom stereocenters. The first-order chi connectivity index (χ1) is 32.7. The molecule has 6 heteroatoms. The normalized spacial score (nSPS) is 11.9. The SMILES string of the molecule is c1ccc2c(-c3nc(-c4ccc(-c5nc6ccccc6c6c(-c7cccc8c7oc7ccccc78)c7c(cc56)oc5ccccc57)cc4)nc(-c4cccc5ccccc45)n3)cccc2c1. The van der Waals surface area contributed by atoms with Crippen LogP contribution in [-0.4, -0.2) is 19.9 Å². The van der Waals surface area contributed by atoms with Crippen LogP contribution in [-0.2, 0) is 0 Å². The third kappa shape index (κ3) is 5.55. The van der Waals surface area contributed by atoms with Gasteiger partial charge in [0.2, 0.25) is 0 Å². The number of nitrogens with zero attached hydrogens (tertiary/aromatic N) is 4. The van der Waals surface area contributed by atoms with Crippen LogP contribution in [0.5, 0.6) is 0 Å². The standard InChI is InChI=1S/C60H34N4O2/c1-3-18-39-35(14-1)16-11-24-43(39)59-62-58(63-60(64-59)44-25-12-17-36-15-2-4-19-40(36)44)38-32-30-37(31-33-38)56-48-34-52-54(46-22-7-10-29-51(46)65-52)55(53(48)45-21-5-8-27-49(45)61-56)47-26-13-23-42-41-20-6-9-28-50(41)66-57(42)47/h1-34H. The number of benzene rings is 10. The minimum Gasteiger partial charge on any atom is -0.456 e. The van der Waals surface area contributed by atoms with Crippen LogP contribution in [0.4, 0.5) is 0 Å². The summed E-state index contributed by atoms with van der Waals surface area (Å²) in [5.41, 5.74) is 10.8. The number of rotatable bonds is 5. The van der Waals surface area contributed by atoms with Gasteiger partial charge in [0.1, 0.15) is 22.3 Å². The number of hydrogen-bond acceptors (Lipinski definition) is 6. The Hall–Kier alpha value is -9.00. The summed E-state index contributed by atoms with van der Waals surface area (Å²) in [5.74, 6) is 1.82. The molecule has 6 nitrogen and oxygen atoms in total. The highest BCUT2D eigenvalue weighted by atomic mass is 16.3. The molecule has 14 rings (SSSR count). The highest BCUT2D eigenvalue weighted by Gasteiger charge is 2.25. The molecule has 0 aliphatic carbocycles. The van der Waals surface area contributed by atoms with E-state index < -0.39 is 0 Å². The van der Waals surface area contributed by atoms with Gasteiger partial charge in [0, 0.05) is 71.1 Å². The lowest BCUT2D eigenvalue weighted by molar-refractivity contribution is 0.669. The van der Waals surface area contributed by atoms with Crippen molar-refractivity contribution in [1.82, 2.24) is 19.9 Å². The van der Waals surface area contributed by atoms with Gasteiger partial charge < -0.3 is 8.83 Å². The van der Waals surface area contributed by atoms with Crippen molar-refractivity contribution in [2.24, 2.45) is 0 Å². The van der Waals surface area contributed by atoms with E-state index in [0.29, 0.717) is 17.5 Å². The molecule has 0 bridgehead atoms. The van der Waals surface area contributed by atoms with Crippen molar-refractivity contribution < 1.29 is 8.83 Å². The van der Waals surface area contributed by atoms with Gasteiger partial charge in [0.05, 0.1) is 11.2 Å². The molecule has 0 saturated carbocycles. The molecule has 4 aromatic heterocycles. The lowest BCUT2D eigenvalue weighted by Crippen LogP contribution is -2.01. The topological polar surface area (TPSA) is 77.8 Å². The fraction of sp³-hybridized carbons (Fsp3) is 0. The summed E-state index contributed by atoms with van der Waals surface area (Å²) < 4.78 is 13.5. The summed E-state index contributed by atoms with van der Waals surface area (Å²) in [6.07, 6.45) is 0. The predicted octanol–water partition coefficient (Wildman–Crippen LogP) is 16.0. The Balaban J connectivity index is 1.00. The Morgan fingerprint density at radius 1 is 0.303 bits per heavy atom. The van der Waals surface area contributed by atoms with Crippen LogP contribution >= 0.6 is 0 Å². The van der Waals surface area contributed by atoms with Gasteiger partial charge in [0.25, 0.3) is 0 Å². The first-order valence-electron chi connectivity index (χ1n) is 22.1. The van der Waals surface area contributed by atoms with Crippen LogP contribution in [0.1, 0.15) is 0 Å². The van der Waals surface area contributed by atoms with E-state index in [0.717, 1.165) is 126 Å². The summed E-state index contributed by atoms with van der Waals surface area (Å²) >= 11 is 0. The summed E-state index contributed by atoms with van der Waals surface area (Å²) in [4.78, 5) is 21.0. The molecule has 0 saturated heterocycles. The quantitative estimate of drug-likeness (QED) is 0.161. The maximum Gasteiger partial charge on any atom is 0.164 e. The van der Waals surface area contributed by atoms with Crippen molar-refractivity contribution in [2.45, 2.75) is 0 Å². The van der Waals surface area contributed by atoms with E-state index in [1.54, 1.807) is 0 Å². The van der Waals surface area contributed by atoms with Crippen molar-refractivity contribution in [3.63, 3.8) is 0 Å². The van der Waals surface area contributed by atoms with Crippen molar-refractivity contribution in [2.75, 3.05) is 0 Å². The molecule has 0 fully saturated rings. The van der Waals surface area contributed by atoms with Crippen LogP contribution in [0, 0.1) is 0 Å². The number of pyridine rings is 1. The summed E-state index contributed by atoms with van der Waals surface area (Å²) in [6, 6.07) is 71.4. The summed E-state index contributed by atoms with van der Waals surface area (Å²) in [5, 5.41) is 11.8. The minimum absolute atomic E-state index is 0.587. The van der Waals surface area contributed by atoms with Gasteiger partial charge in [-0.1, -0.05) is 182 Å². The molecule has 0 aliphatic rings. The van der Waals surface area contributed by atoms with Crippen molar-refractivity contribution in [3.8, 4) is 56.5 Å². The molecule has 0 spiro atoms. The Bertz CT molecular complexity index is 4190. The maximum atomic E-state index is 6.76. The zero-order valence-corrected chi connectivity index (χ0v) is 35.2. The number of aromatic nitrogens is 4. The van der Waals surface area contributed by atoms with Crippen LogP contribution in [0.15, 0.2) is 215 Å². The zero-order valence-electron chi connectivity index (χ0n) is 35.2. The molecule has 0 radical (unpaired) electrons. The molecule has 14 aromatic rings. The van der Waals surface area contributed by atoms with E-state index in [1.807, 2.05) is 24.3 Å². The number of fused-ring (bicyclic) bond motifs is 11. The molecule has 0 N–H and O–H groups in total. The van der Waals surface area contributed by atoms with Gasteiger partial charge >= 0.3 is 0 Å². The molecule has 10 aromatic carbocycles. The number of hydrogen-bond donors (Lipinski definition) is 0. The zero-order chi connectivity index (χ0) is 43.3. The second kappa shape index (κ2) is 14.3. The number of furan rings is 2. The first-order valence-corrected chi connectivity index (χ1v) is 22.1. The van der Waals surface area contributed by atoms with Crippen LogP contribution in [0.25, 0.3) is 144 Å². The van der Waals surface area contributed by atoms with Gasteiger partial charge in [-0.15, -0.1) is 0 Å². The first kappa shape index (κ1) is 36.5. The van der Waals surface area contributed by atoms with E-state index in [2.05, 4.69) is 182 Å². The third-order valence-electron chi connectivity index (χ3n) is 13.1. The van der Waals surface area contributed by atoms with Gasteiger partial charge in [-0.25, -0.2) is 19.9 Å². The largest absolute Gasteiger partial charge is 0.456 e. The third-order valence-corrected chi connectivity index (χ3v) is 13.1. The van der Waals surface area contributed by atoms with Crippen molar-refractivity contribution in [3.05, 3.63) is 206 Å². The smallest absolute Gasteiger partial charge is 0.164 e. The molecule has 0 amide bonds. The monoisotopic (exact) mass is 842 g/mol. The lowest BCUT2D eigenvalue weighted by atomic mass is 9.89. The van der Waals surface area contributed by atoms with E-state index in [9.17, 15) is 0 Å². The summed E-state index contributed by atoms with van der Waals surface area (Å²) in [7, 11) is 0. The fourth-order valence-electron chi connectivity index (χ4n) is 10.1. The predicted molar refractivity (Wildman–Crippen MR) is 269 cm³/mol. The lowest BCUT2D eigenvalue weighted by Gasteiger charge is -2.16. The Morgan fingerprint density at radius 2 is 0.818 bits per heavy atom. The van der Waals surface area contributed by atoms with Crippen LogP contribution < -0.4 is 0 Å². The molecular weight excluding hydrogens is 809 g/mol. The second-order valence-electron chi connectivity index (χ2n) is 16.8. The van der Waals surface area contributed by atoms with E-state index >= 15 is 0 Å². The Labute approximate surface area is 377 Å². The molecule has 0 aliphatic heterocycles. The summed E-state index contributed by atoms with van der Waals surface area (Å²) in [6.45, 7) is 0. The molecule has 4 heterocycles. The average molecular weight is 843 g/mol. The average Bonchev–Trinajstić information content (AvgIpc) is 3.96. The fourth-order valence-corrected chi connectivity index (χ4v) is 10.1. The van der Waals surface area contributed by atoms with Crippen LogP contribution in [0.3, 0.4) is 0 Å². The minimum atomic E-state index is 0.587. The number of para-hydroxylation sites is 4. The Morgan fingerprint density at radius 3 is 1.53 bits per heavy atom. The van der Waals surface area contributed by atoms with Crippen LogP contribution in [0.2, 0.25) is 0 Å². The van der Waals surface area contributed by atoms with Gasteiger partial charge in [-0.05, 0) is 45.8 Å². The Kier molecular flexibility index (Phi) is 7.88. The molecule has 306 valence electrons. The van der Waals surface area contributed by atoms with E-state index in [-0.39, 0.29) is 0 Å². The van der Waals surface area contributed by atoms with E-state index in [1.165, 1.54) is 0 Å². The second-order valence-corrected chi connectivity index (χ2v) is 16.8. The molecule has 66 heavy (non-hydrogen) atoms. The van der Waals surface area contributed by atoms with Gasteiger partial charge in [-0.2, -0.15) is 0 Å². The highest BCUT2D eigenvalue weighted by Crippen LogP contribution is 2.49. The van der Waals surface area contributed by atoms with E-state index in [4.69, 9.17) is 28.8 Å². The van der Waals surface area contributed by atoms with Gasteiger partial charge in [0.15, 0.2) is 17.5 Å². The maximum absolute atomic E-state index is 6.76. The molecular formula is C60H34N4O2. The highest BCUT2D eigenvalue weighted by molar-refractivity contribution is 6.29. The van der Waals surface area contributed by atoms with Crippen molar-refractivity contribution in [1.29, 1.82) is 0 Å². The van der Waals surface area contributed by atoms with Gasteiger partial charge in [-0.3, -0.25) is 0 Å².